The average Bonchev–Trinajstić information content (AvgIpc) is 3.60. The van der Waals surface area contributed by atoms with E-state index < -0.39 is 12.7 Å². The van der Waals surface area contributed by atoms with Gasteiger partial charge in [-0.3, -0.25) is 15.0 Å². The Morgan fingerprint density at radius 2 is 1.82 bits per heavy atom. The summed E-state index contributed by atoms with van der Waals surface area (Å²) >= 11 is 1.31. The predicted molar refractivity (Wildman–Crippen MR) is 164 cm³/mol. The molecule has 1 saturated heterocycles. The number of carbonyl (C=O) groups excluding carboxylic acids is 1. The predicted octanol–water partition coefficient (Wildman–Crippen LogP) is 5.77. The molecule has 0 bridgehead atoms. The highest BCUT2D eigenvalue weighted by Gasteiger charge is 2.32. The lowest BCUT2D eigenvalue weighted by Crippen LogP contribution is -2.34. The van der Waals surface area contributed by atoms with Gasteiger partial charge < -0.3 is 9.84 Å². The Labute approximate surface area is 256 Å². The number of hydrogen-bond donors (Lipinski definition) is 2. The summed E-state index contributed by atoms with van der Waals surface area (Å²) in [5.41, 5.74) is 5.36. The molecule has 0 spiro atoms. The second kappa shape index (κ2) is 13.6. The number of anilines is 1. The topological polar surface area (TPSA) is 105 Å². The van der Waals surface area contributed by atoms with Crippen LogP contribution in [0, 0.1) is 13.8 Å². The summed E-state index contributed by atoms with van der Waals surface area (Å²) in [5, 5.41) is 18.4. The van der Waals surface area contributed by atoms with Crippen LogP contribution in [0.25, 0.3) is 17.1 Å². The van der Waals surface area contributed by atoms with E-state index in [9.17, 15) is 23.1 Å². The molecule has 1 fully saturated rings. The molecular formula is C31H31F3N6O3S. The third-order valence-corrected chi connectivity index (χ3v) is 7.79. The molecule has 2 N–H and O–H groups in total. The van der Waals surface area contributed by atoms with Gasteiger partial charge in [0.15, 0.2) is 11.0 Å². The SMILES string of the molecule is Cc1ccc(N2C(=O)CSC2=NC(O)NCCCCc2ccc(-c3ncn(-c4ccc(OC(F)(F)F)cc4)n3)cc2)c(C)c1. The van der Waals surface area contributed by atoms with Gasteiger partial charge in [0, 0.05) is 5.56 Å². The maximum Gasteiger partial charge on any atom is 0.573 e. The van der Waals surface area contributed by atoms with Crippen LogP contribution < -0.4 is 15.0 Å². The van der Waals surface area contributed by atoms with Crippen LogP contribution in [-0.2, 0) is 11.2 Å². The molecule has 230 valence electrons. The van der Waals surface area contributed by atoms with Crippen LogP contribution in [-0.4, -0.2) is 56.0 Å². The molecule has 3 aromatic carbocycles. The number of rotatable bonds is 11. The van der Waals surface area contributed by atoms with Gasteiger partial charge in [-0.25, -0.2) is 14.7 Å². The molecule has 0 radical (unpaired) electrons. The third-order valence-electron chi connectivity index (χ3n) is 6.85. The van der Waals surface area contributed by atoms with Gasteiger partial charge in [0.2, 0.25) is 12.3 Å². The highest BCUT2D eigenvalue weighted by atomic mass is 32.2. The number of aliphatic hydroxyl groups is 1. The van der Waals surface area contributed by atoms with Gasteiger partial charge in [-0.05, 0) is 81.1 Å². The van der Waals surface area contributed by atoms with E-state index in [2.05, 4.69) is 25.1 Å². The lowest BCUT2D eigenvalue weighted by Gasteiger charge is -2.20. The zero-order chi connectivity index (χ0) is 31.3. The van der Waals surface area contributed by atoms with E-state index in [1.807, 2.05) is 56.3 Å². The summed E-state index contributed by atoms with van der Waals surface area (Å²) in [4.78, 5) is 22.8. The molecule has 1 atom stereocenters. The van der Waals surface area contributed by atoms with E-state index in [0.29, 0.717) is 23.2 Å². The lowest BCUT2D eigenvalue weighted by molar-refractivity contribution is -0.274. The van der Waals surface area contributed by atoms with E-state index >= 15 is 0 Å². The largest absolute Gasteiger partial charge is 0.573 e. The molecule has 0 aliphatic carbocycles. The Morgan fingerprint density at radius 1 is 1.07 bits per heavy atom. The van der Waals surface area contributed by atoms with Crippen LogP contribution in [0.1, 0.15) is 29.5 Å². The first kappa shape index (κ1) is 31.2. The smallest absolute Gasteiger partial charge is 0.406 e. The maximum atomic E-state index is 12.5. The summed E-state index contributed by atoms with van der Waals surface area (Å²) in [6, 6.07) is 19.1. The number of halogens is 3. The van der Waals surface area contributed by atoms with Crippen LogP contribution in [0.15, 0.2) is 78.0 Å². The summed E-state index contributed by atoms with van der Waals surface area (Å²) in [6.07, 6.45) is -1.82. The number of aromatic nitrogens is 3. The molecule has 5 rings (SSSR count). The molecular weight excluding hydrogens is 593 g/mol. The van der Waals surface area contributed by atoms with Crippen LogP contribution in [0.2, 0.25) is 0 Å². The zero-order valence-corrected chi connectivity index (χ0v) is 24.9. The van der Waals surface area contributed by atoms with Crippen molar-refractivity contribution in [1.82, 2.24) is 20.1 Å². The maximum absolute atomic E-state index is 12.5. The number of carbonyl (C=O) groups is 1. The Balaban J connectivity index is 1.08. The number of benzene rings is 3. The van der Waals surface area contributed by atoms with Crippen molar-refractivity contribution in [3.8, 4) is 22.8 Å². The number of aliphatic imine (C=N–C) groups is 1. The molecule has 13 heteroatoms. The van der Waals surface area contributed by atoms with Crippen molar-refractivity contribution < 1.29 is 27.8 Å². The molecule has 1 unspecified atom stereocenters. The van der Waals surface area contributed by atoms with Gasteiger partial charge in [0.25, 0.3) is 0 Å². The average molecular weight is 625 g/mol. The van der Waals surface area contributed by atoms with Gasteiger partial charge in [-0.15, -0.1) is 18.3 Å². The molecule has 1 aliphatic rings. The monoisotopic (exact) mass is 624 g/mol. The molecule has 4 aromatic rings. The van der Waals surface area contributed by atoms with Crippen molar-refractivity contribution in [1.29, 1.82) is 0 Å². The number of alkyl halides is 3. The molecule has 0 saturated carbocycles. The van der Waals surface area contributed by atoms with Crippen molar-refractivity contribution in [3.63, 3.8) is 0 Å². The fourth-order valence-electron chi connectivity index (χ4n) is 4.73. The first-order valence-corrected chi connectivity index (χ1v) is 14.9. The normalized spacial score (nSPS) is 15.3. The minimum atomic E-state index is -4.74. The van der Waals surface area contributed by atoms with Crippen molar-refractivity contribution in [2.75, 3.05) is 17.2 Å². The highest BCUT2D eigenvalue weighted by molar-refractivity contribution is 8.15. The number of hydrogen-bond acceptors (Lipinski definition) is 8. The number of aryl methyl sites for hydroxylation is 3. The third kappa shape index (κ3) is 8.04. The van der Waals surface area contributed by atoms with Crippen molar-refractivity contribution in [2.24, 2.45) is 4.99 Å². The number of nitrogens with zero attached hydrogens (tertiary/aromatic N) is 5. The summed E-state index contributed by atoms with van der Waals surface area (Å²) in [6.45, 7) is 4.51. The number of nitrogens with one attached hydrogen (secondary N) is 1. The van der Waals surface area contributed by atoms with Crippen LogP contribution in [0.3, 0.4) is 0 Å². The second-order valence-electron chi connectivity index (χ2n) is 10.3. The molecule has 1 aromatic heterocycles. The summed E-state index contributed by atoms with van der Waals surface area (Å²) < 4.78 is 42.5. The van der Waals surface area contributed by atoms with Gasteiger partial charge in [-0.1, -0.05) is 53.7 Å². The van der Waals surface area contributed by atoms with E-state index in [4.69, 9.17) is 0 Å². The van der Waals surface area contributed by atoms with Crippen molar-refractivity contribution >= 4 is 28.5 Å². The Bertz CT molecular complexity index is 1620. The number of amides is 1. The molecule has 44 heavy (non-hydrogen) atoms. The molecule has 9 nitrogen and oxygen atoms in total. The van der Waals surface area contributed by atoms with E-state index in [-0.39, 0.29) is 17.4 Å². The van der Waals surface area contributed by atoms with Crippen LogP contribution in [0.5, 0.6) is 5.75 Å². The first-order chi connectivity index (χ1) is 21.1. The molecule has 2 heterocycles. The fraction of sp³-hybridized carbons (Fsp3) is 0.290. The molecule has 1 amide bonds. The Hall–Kier alpha value is -4.20. The number of ether oxygens (including phenoxy) is 1. The van der Waals surface area contributed by atoms with Crippen LogP contribution >= 0.6 is 11.8 Å². The Kier molecular flexibility index (Phi) is 9.67. The molecule has 1 aliphatic heterocycles. The summed E-state index contributed by atoms with van der Waals surface area (Å²) in [7, 11) is 0. The number of thioether (sulfide) groups is 1. The fourth-order valence-corrected chi connectivity index (χ4v) is 5.61. The van der Waals surface area contributed by atoms with E-state index in [0.717, 1.165) is 47.2 Å². The van der Waals surface area contributed by atoms with Crippen molar-refractivity contribution in [2.45, 2.75) is 45.8 Å². The van der Waals surface area contributed by atoms with Gasteiger partial charge >= 0.3 is 6.36 Å². The van der Waals surface area contributed by atoms with Crippen molar-refractivity contribution in [3.05, 3.63) is 89.7 Å². The van der Waals surface area contributed by atoms with E-state index in [1.54, 1.807) is 4.90 Å². The van der Waals surface area contributed by atoms with E-state index in [1.165, 1.54) is 47.0 Å². The first-order valence-electron chi connectivity index (χ1n) is 14.0. The minimum Gasteiger partial charge on any atom is -0.406 e. The second-order valence-corrected chi connectivity index (χ2v) is 11.2. The number of unbranched alkanes of at least 4 members (excludes halogenated alkanes) is 1. The van der Waals surface area contributed by atoms with Gasteiger partial charge in [-0.2, -0.15) is 0 Å². The Morgan fingerprint density at radius 3 is 2.52 bits per heavy atom. The highest BCUT2D eigenvalue weighted by Crippen LogP contribution is 2.30. The standard InChI is InChI=1S/C31H31F3N6O3S/c1-20-6-15-26(21(2)17-20)40-27(41)18-44-30(40)37-29(42)35-16-4-3-5-22-7-9-23(10-8-22)28-36-19-39(38-28)24-11-13-25(14-12-24)43-31(32,33)34/h6-15,17,19,29,35,42H,3-5,16,18H2,1-2H3. The minimum absolute atomic E-state index is 0.0591. The lowest BCUT2D eigenvalue weighted by atomic mass is 10.1. The summed E-state index contributed by atoms with van der Waals surface area (Å²) in [5.74, 6) is 0.411. The zero-order valence-electron chi connectivity index (χ0n) is 24.1. The van der Waals surface area contributed by atoms with Crippen LogP contribution in [0.4, 0.5) is 18.9 Å². The van der Waals surface area contributed by atoms with Gasteiger partial charge in [0.05, 0.1) is 17.1 Å². The number of aliphatic hydroxyl groups excluding tert-OH is 1. The van der Waals surface area contributed by atoms with Gasteiger partial charge in [0.1, 0.15) is 12.1 Å². The number of amidine groups is 1. The quantitative estimate of drug-likeness (QED) is 0.161.